The van der Waals surface area contributed by atoms with Crippen LogP contribution in [0.5, 0.6) is 0 Å². The molecule has 1 heterocycles. The van der Waals surface area contributed by atoms with Crippen LogP contribution in [0.15, 0.2) is 10.9 Å². The number of hydrogen-bond acceptors (Lipinski definition) is 4. The molecular weight excluding hydrogens is 312 g/mol. The van der Waals surface area contributed by atoms with Crippen LogP contribution in [0.2, 0.25) is 0 Å². The maximum Gasteiger partial charge on any atom is 0.306 e. The standard InChI is InChI=1S/C17H20N2O5/c1-17(2)6-12-10(13(20)7-17)5-11(15(22)19-12)14(21)18-9-3-8(4-9)16(23)24/h5,8-9H,3-4,6-7H2,1-2H3,(H,18,21)(H,19,22)(H,23,24). The van der Waals surface area contributed by atoms with E-state index in [-0.39, 0.29) is 22.8 Å². The molecular formula is C17H20N2O5. The fourth-order valence-electron chi connectivity index (χ4n) is 3.40. The van der Waals surface area contributed by atoms with Crippen LogP contribution in [0, 0.1) is 11.3 Å². The Morgan fingerprint density at radius 1 is 1.25 bits per heavy atom. The first-order valence-electron chi connectivity index (χ1n) is 7.99. The van der Waals surface area contributed by atoms with Gasteiger partial charge in [-0.05, 0) is 30.7 Å². The summed E-state index contributed by atoms with van der Waals surface area (Å²) in [5, 5.41) is 11.5. The number of amides is 1. The second kappa shape index (κ2) is 5.58. The molecule has 1 aromatic heterocycles. The number of aromatic nitrogens is 1. The fraction of sp³-hybridized carbons (Fsp3) is 0.529. The van der Waals surface area contributed by atoms with Gasteiger partial charge in [-0.15, -0.1) is 0 Å². The average Bonchev–Trinajstić information content (AvgIpc) is 2.39. The first kappa shape index (κ1) is 16.4. The number of carboxylic acids is 1. The number of hydrogen-bond donors (Lipinski definition) is 3. The van der Waals surface area contributed by atoms with E-state index in [1.54, 1.807) is 0 Å². The lowest BCUT2D eigenvalue weighted by atomic mass is 9.75. The molecule has 1 amide bonds. The van der Waals surface area contributed by atoms with Gasteiger partial charge in [0.2, 0.25) is 0 Å². The number of Topliss-reactive ketones (excluding diaryl/α,β-unsaturated/α-hetero) is 1. The van der Waals surface area contributed by atoms with Crippen LogP contribution >= 0.6 is 0 Å². The molecule has 0 atom stereocenters. The molecule has 7 nitrogen and oxygen atoms in total. The Bertz CT molecular complexity index is 787. The zero-order chi connectivity index (χ0) is 17.6. The highest BCUT2D eigenvalue weighted by molar-refractivity contribution is 6.02. The van der Waals surface area contributed by atoms with Gasteiger partial charge < -0.3 is 15.4 Å². The molecule has 1 fully saturated rings. The van der Waals surface area contributed by atoms with E-state index in [0.29, 0.717) is 36.9 Å². The van der Waals surface area contributed by atoms with Crippen LogP contribution in [0.4, 0.5) is 0 Å². The predicted molar refractivity (Wildman–Crippen MR) is 85.1 cm³/mol. The van der Waals surface area contributed by atoms with Gasteiger partial charge in [0.1, 0.15) is 5.56 Å². The van der Waals surface area contributed by atoms with Crippen LogP contribution in [-0.4, -0.2) is 33.8 Å². The zero-order valence-corrected chi connectivity index (χ0v) is 13.6. The molecule has 2 aliphatic rings. The molecule has 0 bridgehead atoms. The quantitative estimate of drug-likeness (QED) is 0.767. The maximum absolute atomic E-state index is 12.3. The van der Waals surface area contributed by atoms with Crippen molar-refractivity contribution in [2.45, 2.75) is 45.6 Å². The summed E-state index contributed by atoms with van der Waals surface area (Å²) in [5.41, 5.74) is 0.143. The maximum atomic E-state index is 12.3. The number of carbonyl (C=O) groups excluding carboxylic acids is 2. The van der Waals surface area contributed by atoms with Gasteiger partial charge >= 0.3 is 5.97 Å². The lowest BCUT2D eigenvalue weighted by Crippen LogP contribution is -2.47. The number of pyridine rings is 1. The highest BCUT2D eigenvalue weighted by atomic mass is 16.4. The van der Waals surface area contributed by atoms with Crippen molar-refractivity contribution in [1.29, 1.82) is 0 Å². The number of fused-ring (bicyclic) bond motifs is 1. The molecule has 0 saturated heterocycles. The van der Waals surface area contributed by atoms with E-state index in [0.717, 1.165) is 0 Å². The number of rotatable bonds is 3. The summed E-state index contributed by atoms with van der Waals surface area (Å²) >= 11 is 0. The predicted octanol–water partition coefficient (Wildman–Crippen LogP) is 1.12. The highest BCUT2D eigenvalue weighted by Crippen LogP contribution is 2.33. The normalized spacial score (nSPS) is 24.7. The number of nitrogens with one attached hydrogen (secondary N) is 2. The van der Waals surface area contributed by atoms with E-state index in [1.807, 2.05) is 13.8 Å². The summed E-state index contributed by atoms with van der Waals surface area (Å²) < 4.78 is 0. The smallest absolute Gasteiger partial charge is 0.306 e. The molecule has 0 aliphatic heterocycles. The van der Waals surface area contributed by atoms with Crippen LogP contribution in [0.25, 0.3) is 0 Å². The number of carboxylic acid groups (broad SMARTS) is 1. The van der Waals surface area contributed by atoms with Gasteiger partial charge in [-0.1, -0.05) is 13.8 Å². The minimum Gasteiger partial charge on any atom is -0.481 e. The van der Waals surface area contributed by atoms with Crippen LogP contribution in [0.3, 0.4) is 0 Å². The van der Waals surface area contributed by atoms with Gasteiger partial charge in [-0.3, -0.25) is 19.2 Å². The van der Waals surface area contributed by atoms with E-state index in [4.69, 9.17) is 5.11 Å². The number of H-pyrrole nitrogens is 1. The molecule has 3 N–H and O–H groups in total. The van der Waals surface area contributed by atoms with Crippen molar-refractivity contribution in [2.24, 2.45) is 11.3 Å². The molecule has 128 valence electrons. The van der Waals surface area contributed by atoms with E-state index < -0.39 is 23.4 Å². The van der Waals surface area contributed by atoms with Gasteiger partial charge in [-0.25, -0.2) is 0 Å². The van der Waals surface area contributed by atoms with E-state index in [1.165, 1.54) is 6.07 Å². The van der Waals surface area contributed by atoms with Gasteiger partial charge in [-0.2, -0.15) is 0 Å². The molecule has 0 aromatic carbocycles. The second-order valence-electron chi connectivity index (χ2n) is 7.52. The summed E-state index contributed by atoms with van der Waals surface area (Å²) in [4.78, 5) is 50.2. The molecule has 3 rings (SSSR count). The van der Waals surface area contributed by atoms with Gasteiger partial charge in [0.05, 0.1) is 5.92 Å². The lowest BCUT2D eigenvalue weighted by molar-refractivity contribution is -0.145. The average molecular weight is 332 g/mol. The van der Waals surface area contributed by atoms with Gasteiger partial charge in [0.25, 0.3) is 11.5 Å². The Hall–Kier alpha value is -2.44. The largest absolute Gasteiger partial charge is 0.481 e. The van der Waals surface area contributed by atoms with Crippen molar-refractivity contribution >= 4 is 17.7 Å². The summed E-state index contributed by atoms with van der Waals surface area (Å²) in [6.45, 7) is 3.92. The van der Waals surface area contributed by atoms with Crippen LogP contribution in [0.1, 0.15) is 59.5 Å². The third-order valence-corrected chi connectivity index (χ3v) is 4.78. The molecule has 1 saturated carbocycles. The van der Waals surface area contributed by atoms with E-state index in [2.05, 4.69) is 10.3 Å². The molecule has 0 unspecified atom stereocenters. The molecule has 24 heavy (non-hydrogen) atoms. The molecule has 0 spiro atoms. The number of carbonyl (C=O) groups is 3. The van der Waals surface area contributed by atoms with Crippen LogP contribution < -0.4 is 10.9 Å². The molecule has 1 aromatic rings. The third-order valence-electron chi connectivity index (χ3n) is 4.78. The van der Waals surface area contributed by atoms with E-state index in [9.17, 15) is 19.2 Å². The van der Waals surface area contributed by atoms with Crippen molar-refractivity contribution in [3.63, 3.8) is 0 Å². The highest BCUT2D eigenvalue weighted by Gasteiger charge is 2.36. The van der Waals surface area contributed by atoms with E-state index >= 15 is 0 Å². The monoisotopic (exact) mass is 332 g/mol. The number of aromatic amines is 1. The Balaban J connectivity index is 1.79. The zero-order valence-electron chi connectivity index (χ0n) is 13.6. The van der Waals surface area contributed by atoms with Crippen molar-refractivity contribution in [3.05, 3.63) is 33.2 Å². The van der Waals surface area contributed by atoms with Crippen molar-refractivity contribution in [3.8, 4) is 0 Å². The first-order valence-corrected chi connectivity index (χ1v) is 7.99. The lowest BCUT2D eigenvalue weighted by Gasteiger charge is -2.33. The Morgan fingerprint density at radius 2 is 1.92 bits per heavy atom. The first-order chi connectivity index (χ1) is 11.2. The minimum atomic E-state index is -0.875. The summed E-state index contributed by atoms with van der Waals surface area (Å²) in [6.07, 6.45) is 1.66. The Kier molecular flexibility index (Phi) is 3.81. The van der Waals surface area contributed by atoms with Crippen molar-refractivity contribution in [2.75, 3.05) is 0 Å². The molecule has 2 aliphatic carbocycles. The number of ketones is 1. The van der Waals surface area contributed by atoms with Crippen molar-refractivity contribution in [1.82, 2.24) is 10.3 Å². The minimum absolute atomic E-state index is 0.0823. The second-order valence-corrected chi connectivity index (χ2v) is 7.52. The Labute approximate surface area is 138 Å². The summed E-state index contributed by atoms with van der Waals surface area (Å²) in [5.74, 6) is -1.96. The van der Waals surface area contributed by atoms with Gasteiger partial charge in [0.15, 0.2) is 5.78 Å². The fourth-order valence-corrected chi connectivity index (χ4v) is 3.40. The third kappa shape index (κ3) is 2.98. The summed E-state index contributed by atoms with van der Waals surface area (Å²) in [7, 11) is 0. The Morgan fingerprint density at radius 3 is 2.54 bits per heavy atom. The molecule has 7 heteroatoms. The summed E-state index contributed by atoms with van der Waals surface area (Å²) in [6, 6.07) is 1.12. The molecule has 0 radical (unpaired) electrons. The van der Waals surface area contributed by atoms with Gasteiger partial charge in [0, 0.05) is 23.7 Å². The van der Waals surface area contributed by atoms with Crippen LogP contribution in [-0.2, 0) is 11.2 Å². The number of aliphatic carboxylic acids is 1. The van der Waals surface area contributed by atoms with Crippen molar-refractivity contribution < 1.29 is 19.5 Å². The SMILES string of the molecule is CC1(C)CC(=O)c2cc(C(=O)NC3CC(C(=O)O)C3)c(=O)[nH]c2C1. The topological polar surface area (TPSA) is 116 Å².